The van der Waals surface area contributed by atoms with E-state index >= 15 is 0 Å². The van der Waals surface area contributed by atoms with Gasteiger partial charge < -0.3 is 5.11 Å². The maximum Gasteiger partial charge on any atom is 0.241 e. The number of rotatable bonds is 5. The van der Waals surface area contributed by atoms with Crippen LogP contribution in [-0.4, -0.2) is 23.3 Å². The van der Waals surface area contributed by atoms with Crippen molar-refractivity contribution >= 4 is 10.0 Å². The van der Waals surface area contributed by atoms with Gasteiger partial charge in [-0.3, -0.25) is 4.68 Å². The van der Waals surface area contributed by atoms with Gasteiger partial charge in [0.2, 0.25) is 10.0 Å². The number of aliphatic hydroxyl groups is 1. The molecule has 0 bridgehead atoms. The number of aromatic nitrogens is 2. The van der Waals surface area contributed by atoms with Crippen molar-refractivity contribution < 1.29 is 13.5 Å². The molecular weight excluding hydrogens is 290 g/mol. The zero-order valence-corrected chi connectivity index (χ0v) is 13.1. The Bertz CT molecular complexity index is 751. The lowest BCUT2D eigenvalue weighted by Crippen LogP contribution is -2.25. The summed E-state index contributed by atoms with van der Waals surface area (Å²) in [6.07, 6.45) is 1.62. The van der Waals surface area contributed by atoms with E-state index in [1.165, 1.54) is 6.07 Å². The predicted molar refractivity (Wildman–Crippen MR) is 79.1 cm³/mol. The molecule has 6 nitrogen and oxygen atoms in total. The van der Waals surface area contributed by atoms with Crippen LogP contribution in [0.25, 0.3) is 0 Å². The molecule has 0 unspecified atom stereocenters. The molecule has 2 aromatic rings. The first-order valence-corrected chi connectivity index (χ1v) is 8.01. The number of aliphatic hydroxyl groups excluding tert-OH is 1. The van der Waals surface area contributed by atoms with Gasteiger partial charge in [0.15, 0.2) is 0 Å². The number of nitrogens with one attached hydrogen (secondary N) is 1. The molecule has 0 fully saturated rings. The summed E-state index contributed by atoms with van der Waals surface area (Å²) in [4.78, 5) is 0.203. The van der Waals surface area contributed by atoms with Crippen LogP contribution in [0.2, 0.25) is 0 Å². The maximum absolute atomic E-state index is 12.5. The van der Waals surface area contributed by atoms with E-state index in [9.17, 15) is 13.5 Å². The van der Waals surface area contributed by atoms with Crippen LogP contribution < -0.4 is 4.72 Å². The average Bonchev–Trinajstić information content (AvgIpc) is 2.84. The quantitative estimate of drug-likeness (QED) is 0.863. The standard InChI is InChI=1S/C14H19N3O3S/c1-10-6-12(9-18)7-14(11(10)2)21(19,20)16-8-13-4-5-15-17(13)3/h4-7,16,18H,8-9H2,1-3H3. The minimum atomic E-state index is -3.64. The fourth-order valence-corrected chi connectivity index (χ4v) is 3.45. The van der Waals surface area contributed by atoms with E-state index in [2.05, 4.69) is 9.82 Å². The third-order valence-electron chi connectivity index (χ3n) is 3.52. The molecular formula is C14H19N3O3S. The van der Waals surface area contributed by atoms with Gasteiger partial charge in [0, 0.05) is 13.2 Å². The van der Waals surface area contributed by atoms with Crippen molar-refractivity contribution in [2.24, 2.45) is 7.05 Å². The number of aryl methyl sites for hydroxylation is 2. The highest BCUT2D eigenvalue weighted by atomic mass is 32.2. The highest BCUT2D eigenvalue weighted by Gasteiger charge is 2.19. The van der Waals surface area contributed by atoms with E-state index in [1.807, 2.05) is 6.92 Å². The minimum Gasteiger partial charge on any atom is -0.392 e. The van der Waals surface area contributed by atoms with Crippen LogP contribution in [0.3, 0.4) is 0 Å². The third-order valence-corrected chi connectivity index (χ3v) is 5.04. The zero-order chi connectivity index (χ0) is 15.6. The van der Waals surface area contributed by atoms with Gasteiger partial charge in [0.25, 0.3) is 0 Å². The lowest BCUT2D eigenvalue weighted by Gasteiger charge is -2.13. The molecule has 0 aliphatic heterocycles. The van der Waals surface area contributed by atoms with Crippen molar-refractivity contribution in [3.8, 4) is 0 Å². The van der Waals surface area contributed by atoms with Gasteiger partial charge in [-0.25, -0.2) is 13.1 Å². The Kier molecular flexibility index (Phi) is 4.46. The first-order chi connectivity index (χ1) is 9.85. The number of nitrogens with zero attached hydrogens (tertiary/aromatic N) is 2. The van der Waals surface area contributed by atoms with Gasteiger partial charge in [0.1, 0.15) is 0 Å². The fourth-order valence-electron chi connectivity index (χ4n) is 2.09. The average molecular weight is 309 g/mol. The van der Waals surface area contributed by atoms with Crippen LogP contribution in [0.1, 0.15) is 22.4 Å². The van der Waals surface area contributed by atoms with E-state index in [0.29, 0.717) is 11.1 Å². The second-order valence-electron chi connectivity index (χ2n) is 4.96. The highest BCUT2D eigenvalue weighted by Crippen LogP contribution is 2.21. The van der Waals surface area contributed by atoms with Crippen molar-refractivity contribution in [3.05, 3.63) is 46.8 Å². The number of hydrogen-bond donors (Lipinski definition) is 2. The second-order valence-corrected chi connectivity index (χ2v) is 6.70. The molecule has 0 atom stereocenters. The first kappa shape index (κ1) is 15.7. The summed E-state index contributed by atoms with van der Waals surface area (Å²) >= 11 is 0. The molecule has 114 valence electrons. The van der Waals surface area contributed by atoms with Crippen LogP contribution in [0.5, 0.6) is 0 Å². The van der Waals surface area contributed by atoms with Crippen molar-refractivity contribution in [1.82, 2.24) is 14.5 Å². The Morgan fingerprint density at radius 3 is 2.62 bits per heavy atom. The molecule has 2 rings (SSSR count). The Hall–Kier alpha value is -1.70. The normalized spacial score (nSPS) is 11.8. The smallest absolute Gasteiger partial charge is 0.241 e. The van der Waals surface area contributed by atoms with Gasteiger partial charge in [-0.15, -0.1) is 0 Å². The molecule has 0 amide bonds. The Labute approximate surface area is 124 Å². The zero-order valence-electron chi connectivity index (χ0n) is 12.3. The van der Waals surface area contributed by atoms with Crippen LogP contribution in [0, 0.1) is 13.8 Å². The Balaban J connectivity index is 2.31. The van der Waals surface area contributed by atoms with Crippen molar-refractivity contribution in [3.63, 3.8) is 0 Å². The molecule has 0 aliphatic carbocycles. The summed E-state index contributed by atoms with van der Waals surface area (Å²) < 4.78 is 29.1. The molecule has 2 N–H and O–H groups in total. The molecule has 1 heterocycles. The van der Waals surface area contributed by atoms with Gasteiger partial charge in [-0.1, -0.05) is 6.07 Å². The van der Waals surface area contributed by atoms with Gasteiger partial charge in [-0.05, 0) is 42.7 Å². The molecule has 0 saturated heterocycles. The van der Waals surface area contributed by atoms with Crippen LogP contribution >= 0.6 is 0 Å². The molecule has 0 radical (unpaired) electrons. The van der Waals surface area contributed by atoms with Gasteiger partial charge in [-0.2, -0.15) is 5.10 Å². The maximum atomic E-state index is 12.5. The Morgan fingerprint density at radius 1 is 1.33 bits per heavy atom. The SMILES string of the molecule is Cc1cc(CO)cc(S(=O)(=O)NCc2ccnn2C)c1C. The highest BCUT2D eigenvalue weighted by molar-refractivity contribution is 7.89. The molecule has 21 heavy (non-hydrogen) atoms. The largest absolute Gasteiger partial charge is 0.392 e. The molecule has 0 spiro atoms. The molecule has 1 aromatic carbocycles. The summed E-state index contributed by atoms with van der Waals surface area (Å²) in [6.45, 7) is 3.57. The lowest BCUT2D eigenvalue weighted by molar-refractivity contribution is 0.281. The summed E-state index contributed by atoms with van der Waals surface area (Å²) in [7, 11) is -1.89. The molecule has 0 saturated carbocycles. The van der Waals surface area contributed by atoms with E-state index in [1.54, 1.807) is 37.0 Å². The van der Waals surface area contributed by atoms with E-state index in [0.717, 1.165) is 11.3 Å². The lowest BCUT2D eigenvalue weighted by atomic mass is 10.1. The van der Waals surface area contributed by atoms with Gasteiger partial charge in [0.05, 0.1) is 23.7 Å². The third kappa shape index (κ3) is 3.31. The molecule has 7 heteroatoms. The fraction of sp³-hybridized carbons (Fsp3) is 0.357. The minimum absolute atomic E-state index is 0.167. The van der Waals surface area contributed by atoms with Crippen molar-refractivity contribution in [1.29, 1.82) is 0 Å². The van der Waals surface area contributed by atoms with Crippen molar-refractivity contribution in [2.45, 2.75) is 31.9 Å². The Morgan fingerprint density at radius 2 is 2.05 bits per heavy atom. The van der Waals surface area contributed by atoms with Crippen LogP contribution in [0.15, 0.2) is 29.3 Å². The van der Waals surface area contributed by atoms with Crippen LogP contribution in [0.4, 0.5) is 0 Å². The molecule has 0 aliphatic rings. The number of hydrogen-bond acceptors (Lipinski definition) is 4. The van der Waals surface area contributed by atoms with Crippen LogP contribution in [-0.2, 0) is 30.2 Å². The van der Waals surface area contributed by atoms with E-state index < -0.39 is 10.0 Å². The number of sulfonamides is 1. The summed E-state index contributed by atoms with van der Waals surface area (Å²) in [5.74, 6) is 0. The van der Waals surface area contributed by atoms with E-state index in [4.69, 9.17) is 0 Å². The van der Waals surface area contributed by atoms with Gasteiger partial charge >= 0.3 is 0 Å². The summed E-state index contributed by atoms with van der Waals surface area (Å²) in [5.41, 5.74) is 2.87. The number of benzene rings is 1. The monoisotopic (exact) mass is 309 g/mol. The molecule has 1 aromatic heterocycles. The second kappa shape index (κ2) is 5.97. The topological polar surface area (TPSA) is 84.2 Å². The van der Waals surface area contributed by atoms with Crippen molar-refractivity contribution in [2.75, 3.05) is 0 Å². The first-order valence-electron chi connectivity index (χ1n) is 6.52. The predicted octanol–water partition coefficient (Wildman–Crippen LogP) is 1.01. The summed E-state index contributed by atoms with van der Waals surface area (Å²) in [6, 6.07) is 5.05. The summed E-state index contributed by atoms with van der Waals surface area (Å²) in [5, 5.41) is 13.2. The van der Waals surface area contributed by atoms with E-state index in [-0.39, 0.29) is 18.0 Å².